The molecule has 1 aromatic heterocycles. The summed E-state index contributed by atoms with van der Waals surface area (Å²) in [5.41, 5.74) is 8.38. The van der Waals surface area contributed by atoms with Gasteiger partial charge in [0.25, 0.3) is 0 Å². The zero-order valence-corrected chi connectivity index (χ0v) is 19.1. The van der Waals surface area contributed by atoms with Crippen LogP contribution in [-0.2, 0) is 22.6 Å². The van der Waals surface area contributed by atoms with E-state index < -0.39 is 6.04 Å². The van der Waals surface area contributed by atoms with E-state index >= 15 is 0 Å². The SMILES string of the molecule is C[C@@H](C(=O)N[C@@H](Cc1cccc2ccccc12)C(=O)NCc1ccc(N)nc1)c1ccccc1. The maximum Gasteiger partial charge on any atom is 0.243 e. The number of aromatic nitrogens is 1. The van der Waals surface area contributed by atoms with Crippen LogP contribution >= 0.6 is 0 Å². The number of anilines is 1. The van der Waals surface area contributed by atoms with Crippen LogP contribution in [0.4, 0.5) is 5.82 Å². The number of nitrogens with one attached hydrogen (secondary N) is 2. The highest BCUT2D eigenvalue weighted by Crippen LogP contribution is 2.21. The first-order valence-corrected chi connectivity index (χ1v) is 11.3. The zero-order valence-electron chi connectivity index (χ0n) is 19.1. The molecule has 172 valence electrons. The fraction of sp³-hybridized carbons (Fsp3) is 0.179. The van der Waals surface area contributed by atoms with Crippen molar-refractivity contribution in [1.82, 2.24) is 15.6 Å². The molecule has 0 aliphatic carbocycles. The lowest BCUT2D eigenvalue weighted by Crippen LogP contribution is -2.48. The van der Waals surface area contributed by atoms with E-state index in [1.165, 1.54) is 0 Å². The molecule has 4 N–H and O–H groups in total. The number of fused-ring (bicyclic) bond motifs is 1. The largest absolute Gasteiger partial charge is 0.384 e. The monoisotopic (exact) mass is 452 g/mol. The molecule has 0 saturated heterocycles. The van der Waals surface area contributed by atoms with Crippen molar-refractivity contribution < 1.29 is 9.59 Å². The molecule has 0 aliphatic heterocycles. The minimum Gasteiger partial charge on any atom is -0.384 e. The van der Waals surface area contributed by atoms with Crippen LogP contribution in [0.3, 0.4) is 0 Å². The molecule has 0 unspecified atom stereocenters. The normalized spacial score (nSPS) is 12.6. The van der Waals surface area contributed by atoms with Crippen LogP contribution in [0.2, 0.25) is 0 Å². The van der Waals surface area contributed by atoms with Gasteiger partial charge in [-0.15, -0.1) is 0 Å². The fourth-order valence-electron chi connectivity index (χ4n) is 3.94. The van der Waals surface area contributed by atoms with Crippen LogP contribution in [-0.4, -0.2) is 22.8 Å². The molecule has 0 radical (unpaired) electrons. The van der Waals surface area contributed by atoms with Crippen molar-refractivity contribution in [3.05, 3.63) is 108 Å². The summed E-state index contributed by atoms with van der Waals surface area (Å²) in [5.74, 6) is -0.407. The third-order valence-electron chi connectivity index (χ3n) is 5.94. The Morgan fingerprint density at radius 2 is 1.62 bits per heavy atom. The molecule has 0 bridgehead atoms. The standard InChI is InChI=1S/C28H28N4O2/c1-19(21-8-3-2-4-9-21)27(33)32-25(28(34)31-18-20-14-15-26(29)30-17-20)16-23-12-7-11-22-10-5-6-13-24(22)23/h2-15,17,19,25H,16,18H2,1H3,(H2,29,30)(H,31,34)(H,32,33)/t19-,25+/m1/s1. The number of carbonyl (C=O) groups excluding carboxylic acids is 2. The molecule has 0 spiro atoms. The number of benzene rings is 3. The summed E-state index contributed by atoms with van der Waals surface area (Å²) in [5, 5.41) is 8.08. The molecule has 6 nitrogen and oxygen atoms in total. The van der Waals surface area contributed by atoms with E-state index in [1.807, 2.05) is 85.8 Å². The minimum atomic E-state index is -0.730. The first kappa shape index (κ1) is 23.0. The third-order valence-corrected chi connectivity index (χ3v) is 5.94. The predicted octanol–water partition coefficient (Wildman–Crippen LogP) is 3.96. The summed E-state index contributed by atoms with van der Waals surface area (Å²) in [6, 6.07) is 26.4. The van der Waals surface area contributed by atoms with Gasteiger partial charge in [-0.1, -0.05) is 78.9 Å². The highest BCUT2D eigenvalue weighted by Gasteiger charge is 2.25. The van der Waals surface area contributed by atoms with Gasteiger partial charge in [0.15, 0.2) is 0 Å². The Kier molecular flexibility index (Phi) is 7.18. The Balaban J connectivity index is 1.55. The van der Waals surface area contributed by atoms with E-state index in [4.69, 9.17) is 5.73 Å². The van der Waals surface area contributed by atoms with Gasteiger partial charge in [0, 0.05) is 19.2 Å². The van der Waals surface area contributed by atoms with E-state index in [0.717, 1.165) is 27.5 Å². The van der Waals surface area contributed by atoms with Gasteiger partial charge in [0.1, 0.15) is 11.9 Å². The summed E-state index contributed by atoms with van der Waals surface area (Å²) in [6.45, 7) is 2.14. The number of carbonyl (C=O) groups is 2. The van der Waals surface area contributed by atoms with Gasteiger partial charge in [-0.05, 0) is 40.5 Å². The van der Waals surface area contributed by atoms with Crippen LogP contribution in [0.5, 0.6) is 0 Å². The number of pyridine rings is 1. The molecule has 3 aromatic carbocycles. The fourth-order valence-corrected chi connectivity index (χ4v) is 3.94. The van der Waals surface area contributed by atoms with Crippen LogP contribution < -0.4 is 16.4 Å². The molecule has 1 heterocycles. The van der Waals surface area contributed by atoms with Crippen molar-refractivity contribution in [2.45, 2.75) is 31.8 Å². The lowest BCUT2D eigenvalue weighted by molar-refractivity contribution is -0.129. The van der Waals surface area contributed by atoms with E-state index in [9.17, 15) is 9.59 Å². The molecule has 6 heteroatoms. The van der Waals surface area contributed by atoms with Gasteiger partial charge in [0.05, 0.1) is 5.92 Å². The Hall–Kier alpha value is -4.19. The number of hydrogen-bond acceptors (Lipinski definition) is 4. The van der Waals surface area contributed by atoms with Crippen molar-refractivity contribution in [2.75, 3.05) is 5.73 Å². The number of nitrogens with zero attached hydrogens (tertiary/aromatic N) is 1. The van der Waals surface area contributed by atoms with Gasteiger partial charge < -0.3 is 16.4 Å². The van der Waals surface area contributed by atoms with Crippen LogP contribution in [0, 0.1) is 0 Å². The van der Waals surface area contributed by atoms with E-state index in [0.29, 0.717) is 18.8 Å². The van der Waals surface area contributed by atoms with Gasteiger partial charge in [-0.25, -0.2) is 4.98 Å². The predicted molar refractivity (Wildman–Crippen MR) is 135 cm³/mol. The number of nitrogen functional groups attached to an aromatic ring is 1. The number of amides is 2. The first-order chi connectivity index (χ1) is 16.5. The molecule has 2 amide bonds. The van der Waals surface area contributed by atoms with Crippen molar-refractivity contribution in [3.8, 4) is 0 Å². The van der Waals surface area contributed by atoms with Gasteiger partial charge in [0.2, 0.25) is 11.8 Å². The number of hydrogen-bond donors (Lipinski definition) is 3. The lowest BCUT2D eigenvalue weighted by atomic mass is 9.96. The van der Waals surface area contributed by atoms with Crippen LogP contribution in [0.15, 0.2) is 91.1 Å². The summed E-state index contributed by atoms with van der Waals surface area (Å²) >= 11 is 0. The smallest absolute Gasteiger partial charge is 0.243 e. The van der Waals surface area contributed by atoms with Crippen molar-refractivity contribution in [2.24, 2.45) is 0 Å². The second kappa shape index (κ2) is 10.6. The van der Waals surface area contributed by atoms with E-state index in [-0.39, 0.29) is 17.7 Å². The van der Waals surface area contributed by atoms with Gasteiger partial charge in [-0.2, -0.15) is 0 Å². The van der Waals surface area contributed by atoms with Crippen molar-refractivity contribution in [1.29, 1.82) is 0 Å². The highest BCUT2D eigenvalue weighted by atomic mass is 16.2. The molecule has 2 atom stereocenters. The topological polar surface area (TPSA) is 97.1 Å². The Morgan fingerprint density at radius 3 is 2.38 bits per heavy atom. The molecule has 4 aromatic rings. The third kappa shape index (κ3) is 5.59. The highest BCUT2D eigenvalue weighted by molar-refractivity contribution is 5.92. The molecule has 0 aliphatic rings. The lowest BCUT2D eigenvalue weighted by Gasteiger charge is -2.22. The van der Waals surface area contributed by atoms with Crippen molar-refractivity contribution >= 4 is 28.4 Å². The second-order valence-corrected chi connectivity index (χ2v) is 8.35. The van der Waals surface area contributed by atoms with Crippen molar-refractivity contribution in [3.63, 3.8) is 0 Å². The van der Waals surface area contributed by atoms with Crippen LogP contribution in [0.25, 0.3) is 10.8 Å². The molecular formula is C28H28N4O2. The average molecular weight is 453 g/mol. The van der Waals surface area contributed by atoms with Gasteiger partial charge in [-0.3, -0.25) is 9.59 Å². The minimum absolute atomic E-state index is 0.194. The average Bonchev–Trinajstić information content (AvgIpc) is 2.88. The summed E-state index contributed by atoms with van der Waals surface area (Å²) < 4.78 is 0. The number of nitrogens with two attached hydrogens (primary N) is 1. The van der Waals surface area contributed by atoms with E-state index in [2.05, 4.69) is 15.6 Å². The molecular weight excluding hydrogens is 424 g/mol. The van der Waals surface area contributed by atoms with Gasteiger partial charge >= 0.3 is 0 Å². The molecule has 0 saturated carbocycles. The molecule has 0 fully saturated rings. The second-order valence-electron chi connectivity index (χ2n) is 8.35. The Labute approximate surface area is 199 Å². The maximum absolute atomic E-state index is 13.2. The Bertz CT molecular complexity index is 1270. The number of rotatable bonds is 8. The zero-order chi connectivity index (χ0) is 23.9. The van der Waals surface area contributed by atoms with E-state index in [1.54, 1.807) is 12.3 Å². The molecule has 34 heavy (non-hydrogen) atoms. The van der Waals surface area contributed by atoms with Crippen LogP contribution in [0.1, 0.15) is 29.5 Å². The first-order valence-electron chi connectivity index (χ1n) is 11.3. The maximum atomic E-state index is 13.2. The Morgan fingerprint density at radius 1 is 0.882 bits per heavy atom. The summed E-state index contributed by atoms with van der Waals surface area (Å²) in [4.78, 5) is 30.4. The summed E-state index contributed by atoms with van der Waals surface area (Å²) in [7, 11) is 0. The summed E-state index contributed by atoms with van der Waals surface area (Å²) in [6.07, 6.45) is 2.01. The molecule has 4 rings (SSSR count). The quantitative estimate of drug-likeness (QED) is 0.377.